The van der Waals surface area contributed by atoms with E-state index >= 15 is 0 Å². The minimum atomic E-state index is -0.250. The van der Waals surface area contributed by atoms with E-state index < -0.39 is 0 Å². The fourth-order valence-corrected chi connectivity index (χ4v) is 2.07. The zero-order chi connectivity index (χ0) is 13.0. The number of benzene rings is 1. The molecule has 4 nitrogen and oxygen atoms in total. The monoisotopic (exact) mass is 262 g/mol. The van der Waals surface area contributed by atoms with Crippen LogP contribution in [0.15, 0.2) is 39.8 Å². The van der Waals surface area contributed by atoms with Gasteiger partial charge in [0.1, 0.15) is 5.76 Å². The topological polar surface area (TPSA) is 55.1 Å². The van der Waals surface area contributed by atoms with E-state index in [1.165, 1.54) is 0 Å². The quantitative estimate of drug-likeness (QED) is 0.860. The van der Waals surface area contributed by atoms with Crippen LogP contribution in [0.3, 0.4) is 0 Å². The van der Waals surface area contributed by atoms with Crippen LogP contribution >= 0.6 is 11.8 Å². The number of carbonyl (C=O) groups is 1. The van der Waals surface area contributed by atoms with Crippen LogP contribution in [0.2, 0.25) is 0 Å². The molecule has 1 N–H and O–H groups in total. The van der Waals surface area contributed by atoms with E-state index in [2.05, 4.69) is 10.5 Å². The van der Waals surface area contributed by atoms with Gasteiger partial charge < -0.3 is 9.84 Å². The van der Waals surface area contributed by atoms with Gasteiger partial charge in [0.15, 0.2) is 5.69 Å². The van der Waals surface area contributed by atoms with Crippen LogP contribution in [-0.2, 0) is 6.42 Å². The number of nitrogens with one attached hydrogen (secondary N) is 1. The molecular formula is C13H14N2O2S. The highest BCUT2D eigenvalue weighted by atomic mass is 32.2. The number of amides is 1. The first-order chi connectivity index (χ1) is 8.74. The Morgan fingerprint density at radius 3 is 2.89 bits per heavy atom. The van der Waals surface area contributed by atoms with Crippen molar-refractivity contribution in [3.05, 3.63) is 41.8 Å². The molecule has 0 aliphatic carbocycles. The van der Waals surface area contributed by atoms with E-state index in [1.807, 2.05) is 37.4 Å². The molecule has 5 heteroatoms. The Morgan fingerprint density at radius 2 is 2.22 bits per heavy atom. The molecule has 0 unspecified atom stereocenters. The lowest BCUT2D eigenvalue weighted by Crippen LogP contribution is -2.12. The van der Waals surface area contributed by atoms with E-state index in [9.17, 15) is 4.79 Å². The van der Waals surface area contributed by atoms with Gasteiger partial charge in [-0.3, -0.25) is 4.79 Å². The Bertz CT molecular complexity index is 551. The maximum absolute atomic E-state index is 12.0. The summed E-state index contributed by atoms with van der Waals surface area (Å²) in [6.45, 7) is 1.95. The van der Waals surface area contributed by atoms with E-state index in [-0.39, 0.29) is 5.91 Å². The van der Waals surface area contributed by atoms with Gasteiger partial charge in [-0.15, -0.1) is 11.8 Å². The number of anilines is 1. The van der Waals surface area contributed by atoms with Crippen LogP contribution in [0, 0.1) is 0 Å². The molecule has 94 valence electrons. The van der Waals surface area contributed by atoms with E-state index in [1.54, 1.807) is 17.8 Å². The maximum Gasteiger partial charge on any atom is 0.277 e. The Kier molecular flexibility index (Phi) is 4.04. The van der Waals surface area contributed by atoms with Crippen molar-refractivity contribution in [3.63, 3.8) is 0 Å². The summed E-state index contributed by atoms with van der Waals surface area (Å²) in [7, 11) is 0. The summed E-state index contributed by atoms with van der Waals surface area (Å²) in [5.74, 6) is 0.457. The van der Waals surface area contributed by atoms with Crippen molar-refractivity contribution in [1.82, 2.24) is 5.16 Å². The highest BCUT2D eigenvalue weighted by molar-refractivity contribution is 7.98. The summed E-state index contributed by atoms with van der Waals surface area (Å²) in [5, 5.41) is 6.58. The van der Waals surface area contributed by atoms with Crippen LogP contribution in [0.1, 0.15) is 23.2 Å². The molecule has 18 heavy (non-hydrogen) atoms. The molecule has 0 saturated heterocycles. The van der Waals surface area contributed by atoms with Crippen LogP contribution in [0.4, 0.5) is 5.69 Å². The van der Waals surface area contributed by atoms with Gasteiger partial charge in [-0.1, -0.05) is 24.2 Å². The van der Waals surface area contributed by atoms with Crippen molar-refractivity contribution >= 4 is 23.4 Å². The first-order valence-corrected chi connectivity index (χ1v) is 6.87. The van der Waals surface area contributed by atoms with Crippen molar-refractivity contribution in [2.24, 2.45) is 0 Å². The molecule has 1 aromatic heterocycles. The van der Waals surface area contributed by atoms with Crippen LogP contribution < -0.4 is 5.32 Å². The van der Waals surface area contributed by atoms with Crippen molar-refractivity contribution in [2.45, 2.75) is 18.2 Å². The molecule has 0 bridgehead atoms. The van der Waals surface area contributed by atoms with Crippen molar-refractivity contribution in [3.8, 4) is 0 Å². The minimum Gasteiger partial charge on any atom is -0.361 e. The van der Waals surface area contributed by atoms with Crippen LogP contribution in [0.25, 0.3) is 0 Å². The molecule has 2 rings (SSSR count). The Balaban J connectivity index is 2.16. The number of thioether (sulfide) groups is 1. The average molecular weight is 262 g/mol. The van der Waals surface area contributed by atoms with Crippen molar-refractivity contribution < 1.29 is 9.32 Å². The van der Waals surface area contributed by atoms with Crippen LogP contribution in [-0.4, -0.2) is 17.3 Å². The van der Waals surface area contributed by atoms with Crippen molar-refractivity contribution in [2.75, 3.05) is 11.6 Å². The molecule has 0 saturated carbocycles. The van der Waals surface area contributed by atoms with Gasteiger partial charge in [-0.2, -0.15) is 0 Å². The number of hydrogen-bond acceptors (Lipinski definition) is 4. The SMILES string of the molecule is CCc1cc(C(=O)Nc2ccccc2SC)no1. The van der Waals surface area contributed by atoms with Gasteiger partial charge in [0.25, 0.3) is 5.91 Å². The lowest BCUT2D eigenvalue weighted by Gasteiger charge is -2.07. The molecule has 1 aromatic carbocycles. The number of aromatic nitrogens is 1. The second kappa shape index (κ2) is 5.73. The molecule has 1 amide bonds. The molecule has 0 spiro atoms. The van der Waals surface area contributed by atoms with E-state index in [0.29, 0.717) is 11.5 Å². The van der Waals surface area contributed by atoms with Gasteiger partial charge in [0, 0.05) is 17.4 Å². The lowest BCUT2D eigenvalue weighted by atomic mass is 10.3. The number of nitrogens with zero attached hydrogens (tertiary/aromatic N) is 1. The summed E-state index contributed by atoms with van der Waals surface area (Å²) in [5.41, 5.74) is 1.10. The standard InChI is InChI=1S/C13H14N2O2S/c1-3-9-8-11(15-17-9)13(16)14-10-6-4-5-7-12(10)18-2/h4-8H,3H2,1-2H3,(H,14,16). The van der Waals surface area contributed by atoms with Gasteiger partial charge in [-0.25, -0.2) is 0 Å². The number of para-hydroxylation sites is 1. The predicted octanol–water partition coefficient (Wildman–Crippen LogP) is 3.21. The highest BCUT2D eigenvalue weighted by Crippen LogP contribution is 2.25. The molecule has 0 radical (unpaired) electrons. The molecule has 0 atom stereocenters. The van der Waals surface area contributed by atoms with Crippen LogP contribution in [0.5, 0.6) is 0 Å². The fourth-order valence-electron chi connectivity index (χ4n) is 1.52. The van der Waals surface area contributed by atoms with Crippen molar-refractivity contribution in [1.29, 1.82) is 0 Å². The molecule has 0 fully saturated rings. The highest BCUT2D eigenvalue weighted by Gasteiger charge is 2.13. The summed E-state index contributed by atoms with van der Waals surface area (Å²) in [4.78, 5) is 13.0. The molecule has 0 aliphatic rings. The first kappa shape index (κ1) is 12.7. The van der Waals surface area contributed by atoms with E-state index in [4.69, 9.17) is 4.52 Å². The normalized spacial score (nSPS) is 10.3. The van der Waals surface area contributed by atoms with Gasteiger partial charge >= 0.3 is 0 Å². The second-order valence-electron chi connectivity index (χ2n) is 3.69. The maximum atomic E-state index is 12.0. The van der Waals surface area contributed by atoms with Gasteiger partial charge in [0.2, 0.25) is 0 Å². The third-order valence-electron chi connectivity index (χ3n) is 2.50. The summed E-state index contributed by atoms with van der Waals surface area (Å²) >= 11 is 1.58. The number of hydrogen-bond donors (Lipinski definition) is 1. The predicted molar refractivity (Wildman–Crippen MR) is 72.1 cm³/mol. The summed E-state index contributed by atoms with van der Waals surface area (Å²) in [6, 6.07) is 9.31. The Morgan fingerprint density at radius 1 is 1.44 bits per heavy atom. The smallest absolute Gasteiger partial charge is 0.277 e. The van der Waals surface area contributed by atoms with E-state index in [0.717, 1.165) is 17.0 Å². The Hall–Kier alpha value is -1.75. The lowest BCUT2D eigenvalue weighted by molar-refractivity contribution is 0.101. The number of aryl methyl sites for hydroxylation is 1. The summed E-state index contributed by atoms with van der Waals surface area (Å²) < 4.78 is 5.01. The molecule has 1 heterocycles. The summed E-state index contributed by atoms with van der Waals surface area (Å²) in [6.07, 6.45) is 2.69. The third kappa shape index (κ3) is 2.73. The zero-order valence-electron chi connectivity index (χ0n) is 10.3. The minimum absolute atomic E-state index is 0.250. The second-order valence-corrected chi connectivity index (χ2v) is 4.53. The largest absolute Gasteiger partial charge is 0.361 e. The van der Waals surface area contributed by atoms with Gasteiger partial charge in [0.05, 0.1) is 5.69 Å². The van der Waals surface area contributed by atoms with Gasteiger partial charge in [-0.05, 0) is 18.4 Å². The molecular weight excluding hydrogens is 248 g/mol. The Labute approximate surface area is 110 Å². The fraction of sp³-hybridized carbons (Fsp3) is 0.231. The molecule has 0 aliphatic heterocycles. The zero-order valence-corrected chi connectivity index (χ0v) is 11.1. The number of rotatable bonds is 4. The first-order valence-electron chi connectivity index (χ1n) is 5.64. The average Bonchev–Trinajstić information content (AvgIpc) is 2.88. The third-order valence-corrected chi connectivity index (χ3v) is 3.29. The number of carbonyl (C=O) groups excluding carboxylic acids is 1. The molecule has 2 aromatic rings.